The lowest BCUT2D eigenvalue weighted by atomic mass is 9.96. The van der Waals surface area contributed by atoms with E-state index in [1.165, 1.54) is 11.8 Å². The minimum absolute atomic E-state index is 0.0194. The van der Waals surface area contributed by atoms with Gasteiger partial charge >= 0.3 is 0 Å². The van der Waals surface area contributed by atoms with Crippen molar-refractivity contribution in [2.24, 2.45) is 0 Å². The molecule has 0 fully saturated rings. The van der Waals surface area contributed by atoms with Crippen molar-refractivity contribution in [3.8, 4) is 11.3 Å². The number of rotatable bonds is 4. The highest BCUT2D eigenvalue weighted by molar-refractivity contribution is 7.99. The molecular formula is C19H22N4OS. The van der Waals surface area contributed by atoms with Crippen LogP contribution in [0, 0.1) is 6.92 Å². The second kappa shape index (κ2) is 6.96. The summed E-state index contributed by atoms with van der Waals surface area (Å²) in [5, 5.41) is 4.78. The first-order chi connectivity index (χ1) is 11.8. The molecule has 0 aliphatic rings. The molecule has 0 amide bonds. The summed E-state index contributed by atoms with van der Waals surface area (Å²) in [6.07, 6.45) is 0. The Hall–Kier alpha value is -2.21. The Morgan fingerprint density at radius 3 is 2.40 bits per heavy atom. The molecule has 2 aromatic heterocycles. The monoisotopic (exact) mass is 354 g/mol. The number of thioether (sulfide) groups is 1. The average molecular weight is 354 g/mol. The molecule has 0 radical (unpaired) electrons. The number of benzene rings is 1. The van der Waals surface area contributed by atoms with Crippen LogP contribution in [0.2, 0.25) is 0 Å². The van der Waals surface area contributed by atoms with Crippen LogP contribution in [0.1, 0.15) is 50.4 Å². The van der Waals surface area contributed by atoms with Gasteiger partial charge in [0, 0.05) is 16.7 Å². The van der Waals surface area contributed by atoms with E-state index in [-0.39, 0.29) is 10.7 Å². The summed E-state index contributed by atoms with van der Waals surface area (Å²) in [5.74, 6) is 1.31. The Morgan fingerprint density at radius 1 is 1.04 bits per heavy atom. The summed E-state index contributed by atoms with van der Waals surface area (Å²) >= 11 is 1.53. The van der Waals surface area contributed by atoms with Crippen LogP contribution in [0.5, 0.6) is 0 Å². The Balaban J connectivity index is 1.83. The Labute approximate surface area is 152 Å². The highest BCUT2D eigenvalue weighted by Gasteiger charge is 2.24. The van der Waals surface area contributed by atoms with E-state index in [4.69, 9.17) is 4.52 Å². The van der Waals surface area contributed by atoms with E-state index >= 15 is 0 Å². The molecule has 130 valence electrons. The van der Waals surface area contributed by atoms with Crippen molar-refractivity contribution in [2.45, 2.75) is 50.4 Å². The highest BCUT2D eigenvalue weighted by Crippen LogP contribution is 2.34. The molecule has 0 unspecified atom stereocenters. The Bertz CT molecular complexity index is 855. The highest BCUT2D eigenvalue weighted by atomic mass is 32.2. The summed E-state index contributed by atoms with van der Waals surface area (Å²) < 4.78 is 5.43. The zero-order chi connectivity index (χ0) is 18.0. The third-order valence-electron chi connectivity index (χ3n) is 3.65. The van der Waals surface area contributed by atoms with Gasteiger partial charge < -0.3 is 4.52 Å². The van der Waals surface area contributed by atoms with Gasteiger partial charge in [-0.1, -0.05) is 68.0 Å². The molecule has 1 atom stereocenters. The van der Waals surface area contributed by atoms with E-state index in [0.29, 0.717) is 16.9 Å². The standard InChI is InChI=1S/C19H22N4OS/c1-12-11-15(14-9-7-6-8-10-14)21-18(20-12)25-13(2)16-22-17(23-24-16)19(3,4)5/h6-11,13H,1-5H3/t13-/m1/s1. The summed E-state index contributed by atoms with van der Waals surface area (Å²) in [5.41, 5.74) is 2.80. The van der Waals surface area contributed by atoms with Gasteiger partial charge in [0.25, 0.3) is 0 Å². The third kappa shape index (κ3) is 4.25. The predicted molar refractivity (Wildman–Crippen MR) is 99.5 cm³/mol. The molecule has 0 aliphatic carbocycles. The number of hydrogen-bond acceptors (Lipinski definition) is 6. The van der Waals surface area contributed by atoms with E-state index in [9.17, 15) is 0 Å². The normalized spacial score (nSPS) is 13.0. The van der Waals surface area contributed by atoms with Crippen LogP contribution in [0.4, 0.5) is 0 Å². The molecule has 3 aromatic rings. The van der Waals surface area contributed by atoms with Gasteiger partial charge in [-0.25, -0.2) is 9.97 Å². The molecule has 2 heterocycles. The van der Waals surface area contributed by atoms with Crippen molar-refractivity contribution < 1.29 is 4.52 Å². The maximum atomic E-state index is 5.43. The lowest BCUT2D eigenvalue weighted by Gasteiger charge is -2.11. The number of aromatic nitrogens is 4. The Kier molecular flexibility index (Phi) is 4.90. The topological polar surface area (TPSA) is 64.7 Å². The van der Waals surface area contributed by atoms with Gasteiger partial charge in [-0.05, 0) is 19.9 Å². The SMILES string of the molecule is Cc1cc(-c2ccccc2)nc(S[C@H](C)c2nc(C(C)(C)C)no2)n1. The molecule has 5 nitrogen and oxygen atoms in total. The second-order valence-electron chi connectivity index (χ2n) is 7.01. The first-order valence-corrected chi connectivity index (χ1v) is 9.13. The van der Waals surface area contributed by atoms with Crippen molar-refractivity contribution in [3.63, 3.8) is 0 Å². The van der Waals surface area contributed by atoms with Gasteiger partial charge in [-0.3, -0.25) is 0 Å². The van der Waals surface area contributed by atoms with Gasteiger partial charge in [-0.15, -0.1) is 0 Å². The van der Waals surface area contributed by atoms with E-state index in [2.05, 4.69) is 40.9 Å². The zero-order valence-electron chi connectivity index (χ0n) is 15.1. The van der Waals surface area contributed by atoms with Crippen LogP contribution in [0.3, 0.4) is 0 Å². The zero-order valence-corrected chi connectivity index (χ0v) is 16.0. The largest absolute Gasteiger partial charge is 0.338 e. The molecule has 0 spiro atoms. The molecule has 3 rings (SSSR count). The van der Waals surface area contributed by atoms with E-state index < -0.39 is 0 Å². The molecule has 0 bridgehead atoms. The fourth-order valence-corrected chi connectivity index (χ4v) is 3.12. The van der Waals surface area contributed by atoms with Crippen molar-refractivity contribution in [3.05, 3.63) is 53.8 Å². The smallest absolute Gasteiger partial charge is 0.239 e. The predicted octanol–water partition coefficient (Wildman–Crippen LogP) is 4.99. The molecular weight excluding hydrogens is 332 g/mol. The molecule has 25 heavy (non-hydrogen) atoms. The van der Waals surface area contributed by atoms with Gasteiger partial charge in [0.2, 0.25) is 5.89 Å². The third-order valence-corrected chi connectivity index (χ3v) is 4.59. The van der Waals surface area contributed by atoms with Crippen LogP contribution in [-0.2, 0) is 5.41 Å². The summed E-state index contributed by atoms with van der Waals surface area (Å²) in [4.78, 5) is 13.8. The van der Waals surface area contributed by atoms with Crippen LogP contribution < -0.4 is 0 Å². The van der Waals surface area contributed by atoms with Crippen LogP contribution in [0.15, 0.2) is 46.1 Å². The molecule has 0 N–H and O–H groups in total. The van der Waals surface area contributed by atoms with Crippen molar-refractivity contribution in [1.82, 2.24) is 20.1 Å². The lowest BCUT2D eigenvalue weighted by molar-refractivity contribution is 0.364. The Morgan fingerprint density at radius 2 is 1.76 bits per heavy atom. The maximum Gasteiger partial charge on any atom is 0.239 e. The van der Waals surface area contributed by atoms with E-state index in [1.54, 1.807) is 0 Å². The number of nitrogens with zero attached hydrogens (tertiary/aromatic N) is 4. The fraction of sp³-hybridized carbons (Fsp3) is 0.368. The molecule has 0 aliphatic heterocycles. The number of hydrogen-bond donors (Lipinski definition) is 0. The molecule has 0 saturated carbocycles. The minimum Gasteiger partial charge on any atom is -0.338 e. The average Bonchev–Trinajstić information content (AvgIpc) is 3.05. The second-order valence-corrected chi connectivity index (χ2v) is 8.32. The number of aryl methyl sites for hydroxylation is 1. The molecule has 1 aromatic carbocycles. The first kappa shape index (κ1) is 17.6. The molecule has 0 saturated heterocycles. The van der Waals surface area contributed by atoms with Crippen molar-refractivity contribution in [2.75, 3.05) is 0 Å². The minimum atomic E-state index is -0.132. The summed E-state index contributed by atoms with van der Waals surface area (Å²) in [6.45, 7) is 10.2. The van der Waals surface area contributed by atoms with Gasteiger partial charge in [-0.2, -0.15) is 4.98 Å². The van der Waals surface area contributed by atoms with Crippen LogP contribution in [-0.4, -0.2) is 20.1 Å². The lowest BCUT2D eigenvalue weighted by Crippen LogP contribution is -2.13. The van der Waals surface area contributed by atoms with E-state index in [0.717, 1.165) is 17.0 Å². The molecule has 6 heteroatoms. The first-order valence-electron chi connectivity index (χ1n) is 8.25. The van der Waals surface area contributed by atoms with Crippen molar-refractivity contribution >= 4 is 11.8 Å². The van der Waals surface area contributed by atoms with Gasteiger partial charge in [0.05, 0.1) is 10.9 Å². The fourth-order valence-electron chi connectivity index (χ4n) is 2.26. The maximum absolute atomic E-state index is 5.43. The van der Waals surface area contributed by atoms with Gasteiger partial charge in [0.1, 0.15) is 0 Å². The summed E-state index contributed by atoms with van der Waals surface area (Å²) in [7, 11) is 0. The van der Waals surface area contributed by atoms with Crippen LogP contribution in [0.25, 0.3) is 11.3 Å². The van der Waals surface area contributed by atoms with E-state index in [1.807, 2.05) is 50.2 Å². The van der Waals surface area contributed by atoms with Crippen molar-refractivity contribution in [1.29, 1.82) is 0 Å². The van der Waals surface area contributed by atoms with Gasteiger partial charge in [0.15, 0.2) is 11.0 Å². The summed E-state index contributed by atoms with van der Waals surface area (Å²) in [6, 6.07) is 12.1. The quantitative estimate of drug-likeness (QED) is 0.486. The van der Waals surface area contributed by atoms with Crippen LogP contribution >= 0.6 is 11.8 Å².